The summed E-state index contributed by atoms with van der Waals surface area (Å²) in [4.78, 5) is 12.0. The van der Waals surface area contributed by atoms with E-state index in [4.69, 9.17) is 4.74 Å². The molecule has 0 radical (unpaired) electrons. The lowest BCUT2D eigenvalue weighted by atomic mass is 10.1. The summed E-state index contributed by atoms with van der Waals surface area (Å²) in [6.45, 7) is 6.30. The van der Waals surface area contributed by atoms with E-state index in [1.165, 1.54) is 17.2 Å². The Hall–Kier alpha value is -2.36. The van der Waals surface area contributed by atoms with Crippen LogP contribution in [0.4, 0.5) is 4.39 Å². The predicted octanol–water partition coefficient (Wildman–Crippen LogP) is 3.57. The van der Waals surface area contributed by atoms with Crippen LogP contribution in [0.25, 0.3) is 0 Å². The van der Waals surface area contributed by atoms with Crippen LogP contribution in [-0.4, -0.2) is 18.6 Å². The van der Waals surface area contributed by atoms with E-state index in [9.17, 15) is 9.18 Å². The second-order valence-electron chi connectivity index (χ2n) is 5.79. The van der Waals surface area contributed by atoms with Crippen LogP contribution < -0.4 is 10.1 Å². The largest absolute Gasteiger partial charge is 0.491 e. The lowest BCUT2D eigenvalue weighted by Crippen LogP contribution is -2.37. The fourth-order valence-corrected chi connectivity index (χ4v) is 2.21. The van der Waals surface area contributed by atoms with Gasteiger partial charge in [-0.05, 0) is 55.7 Å². The average molecular weight is 315 g/mol. The van der Waals surface area contributed by atoms with Crippen molar-refractivity contribution in [3.8, 4) is 5.75 Å². The summed E-state index contributed by atoms with van der Waals surface area (Å²) in [5, 5.41) is 2.82. The number of halogens is 1. The third kappa shape index (κ3) is 5.09. The van der Waals surface area contributed by atoms with Crippen LogP contribution in [0.1, 0.15) is 23.6 Å². The molecule has 0 aliphatic rings. The molecule has 23 heavy (non-hydrogen) atoms. The number of carbonyl (C=O) groups excluding carboxylic acids is 1. The number of hydrogen-bond donors (Lipinski definition) is 1. The van der Waals surface area contributed by atoms with Gasteiger partial charge in [0.2, 0.25) is 5.91 Å². The Morgan fingerprint density at radius 2 is 1.91 bits per heavy atom. The molecule has 0 heterocycles. The van der Waals surface area contributed by atoms with Crippen LogP contribution in [0.2, 0.25) is 0 Å². The van der Waals surface area contributed by atoms with Gasteiger partial charge in [0.25, 0.3) is 0 Å². The quantitative estimate of drug-likeness (QED) is 0.885. The Kier molecular flexibility index (Phi) is 5.74. The maximum Gasteiger partial charge on any atom is 0.224 e. The molecule has 0 spiro atoms. The highest BCUT2D eigenvalue weighted by Crippen LogP contribution is 2.16. The van der Waals surface area contributed by atoms with Gasteiger partial charge in [-0.3, -0.25) is 4.79 Å². The summed E-state index contributed by atoms with van der Waals surface area (Å²) in [5.74, 6) is 0.205. The van der Waals surface area contributed by atoms with Gasteiger partial charge in [0, 0.05) is 0 Å². The predicted molar refractivity (Wildman–Crippen MR) is 89.1 cm³/mol. The molecular formula is C19H22FNO2. The van der Waals surface area contributed by atoms with Crippen LogP contribution in [0.15, 0.2) is 42.5 Å². The van der Waals surface area contributed by atoms with Gasteiger partial charge < -0.3 is 10.1 Å². The molecular weight excluding hydrogens is 293 g/mol. The monoisotopic (exact) mass is 315 g/mol. The fourth-order valence-electron chi connectivity index (χ4n) is 2.21. The van der Waals surface area contributed by atoms with Gasteiger partial charge in [-0.15, -0.1) is 0 Å². The Morgan fingerprint density at radius 1 is 1.17 bits per heavy atom. The Labute approximate surface area is 136 Å². The summed E-state index contributed by atoms with van der Waals surface area (Å²) in [5.41, 5.74) is 2.77. The zero-order chi connectivity index (χ0) is 16.8. The molecule has 0 aliphatic heterocycles. The van der Waals surface area contributed by atoms with Crippen molar-refractivity contribution in [3.05, 3.63) is 65.0 Å². The van der Waals surface area contributed by atoms with Crippen LogP contribution >= 0.6 is 0 Å². The summed E-state index contributed by atoms with van der Waals surface area (Å²) >= 11 is 0. The highest BCUT2D eigenvalue weighted by Gasteiger charge is 2.11. The molecule has 2 aromatic carbocycles. The van der Waals surface area contributed by atoms with Gasteiger partial charge >= 0.3 is 0 Å². The molecule has 0 aromatic heterocycles. The van der Waals surface area contributed by atoms with Crippen molar-refractivity contribution in [1.29, 1.82) is 0 Å². The number of amides is 1. The number of hydrogen-bond acceptors (Lipinski definition) is 2. The normalized spacial score (nSPS) is 11.8. The van der Waals surface area contributed by atoms with Crippen molar-refractivity contribution in [3.63, 3.8) is 0 Å². The third-order valence-electron chi connectivity index (χ3n) is 3.69. The van der Waals surface area contributed by atoms with Crippen molar-refractivity contribution >= 4 is 5.91 Å². The van der Waals surface area contributed by atoms with Crippen LogP contribution in [-0.2, 0) is 11.2 Å². The van der Waals surface area contributed by atoms with Gasteiger partial charge in [-0.25, -0.2) is 4.39 Å². The summed E-state index contributed by atoms with van der Waals surface area (Å²) in [6.07, 6.45) is 0.0284. The van der Waals surface area contributed by atoms with Crippen molar-refractivity contribution in [1.82, 2.24) is 5.32 Å². The van der Waals surface area contributed by atoms with Crippen molar-refractivity contribution < 1.29 is 13.9 Å². The van der Waals surface area contributed by atoms with E-state index < -0.39 is 0 Å². The van der Waals surface area contributed by atoms with E-state index >= 15 is 0 Å². The van der Waals surface area contributed by atoms with E-state index in [0.29, 0.717) is 12.2 Å². The number of nitrogens with one attached hydrogen (secondary N) is 1. The van der Waals surface area contributed by atoms with Crippen molar-refractivity contribution in [2.45, 2.75) is 33.2 Å². The molecule has 0 saturated heterocycles. The smallest absolute Gasteiger partial charge is 0.224 e. The zero-order valence-electron chi connectivity index (χ0n) is 13.7. The van der Waals surface area contributed by atoms with Crippen LogP contribution in [0, 0.1) is 19.7 Å². The zero-order valence-corrected chi connectivity index (χ0v) is 13.7. The highest BCUT2D eigenvalue weighted by atomic mass is 19.1. The van der Waals surface area contributed by atoms with Gasteiger partial charge in [-0.2, -0.15) is 0 Å². The number of benzene rings is 2. The van der Waals surface area contributed by atoms with E-state index in [-0.39, 0.29) is 24.2 Å². The number of rotatable bonds is 6. The topological polar surface area (TPSA) is 38.3 Å². The molecule has 2 aromatic rings. The second kappa shape index (κ2) is 7.77. The number of ether oxygens (including phenoxy) is 1. The van der Waals surface area contributed by atoms with E-state index in [1.54, 1.807) is 18.2 Å². The Bertz CT molecular complexity index is 685. The maximum atomic E-state index is 13.5. The second-order valence-corrected chi connectivity index (χ2v) is 5.79. The highest BCUT2D eigenvalue weighted by molar-refractivity contribution is 5.78. The molecule has 1 atom stereocenters. The molecule has 2 rings (SSSR count). The lowest BCUT2D eigenvalue weighted by Gasteiger charge is -2.16. The first-order valence-electron chi connectivity index (χ1n) is 7.68. The van der Waals surface area contributed by atoms with Crippen molar-refractivity contribution in [2.75, 3.05) is 6.61 Å². The first-order chi connectivity index (χ1) is 11.0. The third-order valence-corrected chi connectivity index (χ3v) is 3.69. The standard InChI is InChI=1S/C19H22FNO2/c1-13-8-9-17(10-14(13)2)23-12-15(3)21-19(22)11-16-6-4-5-7-18(16)20/h4-10,15H,11-12H2,1-3H3,(H,21,22)/t15-/m1/s1. The van der Waals surface area contributed by atoms with Crippen LogP contribution in [0.5, 0.6) is 5.75 Å². The molecule has 0 aliphatic carbocycles. The minimum Gasteiger partial charge on any atom is -0.491 e. The average Bonchev–Trinajstić information content (AvgIpc) is 2.51. The van der Waals surface area contributed by atoms with Crippen molar-refractivity contribution in [2.24, 2.45) is 0 Å². The number of carbonyl (C=O) groups is 1. The van der Waals surface area contributed by atoms with Gasteiger partial charge in [0.05, 0.1) is 12.5 Å². The van der Waals surface area contributed by atoms with Gasteiger partial charge in [-0.1, -0.05) is 24.3 Å². The minimum absolute atomic E-state index is 0.0284. The van der Waals surface area contributed by atoms with E-state index in [0.717, 1.165) is 5.75 Å². The lowest BCUT2D eigenvalue weighted by molar-refractivity contribution is -0.121. The number of aryl methyl sites for hydroxylation is 2. The maximum absolute atomic E-state index is 13.5. The van der Waals surface area contributed by atoms with Crippen LogP contribution in [0.3, 0.4) is 0 Å². The molecule has 4 heteroatoms. The molecule has 0 bridgehead atoms. The minimum atomic E-state index is -0.360. The molecule has 1 amide bonds. The SMILES string of the molecule is Cc1ccc(OC[C@@H](C)NC(=O)Cc2ccccc2F)cc1C. The molecule has 0 unspecified atom stereocenters. The molecule has 1 N–H and O–H groups in total. The molecule has 3 nitrogen and oxygen atoms in total. The first-order valence-corrected chi connectivity index (χ1v) is 7.68. The first kappa shape index (κ1) is 17.0. The van der Waals surface area contributed by atoms with Gasteiger partial charge in [0.1, 0.15) is 18.2 Å². The van der Waals surface area contributed by atoms with E-state index in [2.05, 4.69) is 5.32 Å². The molecule has 122 valence electrons. The molecule has 0 fully saturated rings. The van der Waals surface area contributed by atoms with Gasteiger partial charge in [0.15, 0.2) is 0 Å². The Balaban J connectivity index is 1.82. The summed E-state index contributed by atoms with van der Waals surface area (Å²) in [7, 11) is 0. The molecule has 0 saturated carbocycles. The van der Waals surface area contributed by atoms with E-state index in [1.807, 2.05) is 39.0 Å². The summed E-state index contributed by atoms with van der Waals surface area (Å²) in [6, 6.07) is 12.0. The Morgan fingerprint density at radius 3 is 2.61 bits per heavy atom. The summed E-state index contributed by atoms with van der Waals surface area (Å²) < 4.78 is 19.2. The fraction of sp³-hybridized carbons (Fsp3) is 0.316.